The summed E-state index contributed by atoms with van der Waals surface area (Å²) in [7, 11) is 0. The summed E-state index contributed by atoms with van der Waals surface area (Å²) in [6.07, 6.45) is -1.99. The van der Waals surface area contributed by atoms with Crippen LogP contribution in [0, 0.1) is 0 Å². The van der Waals surface area contributed by atoms with Gasteiger partial charge in [0.15, 0.2) is 0 Å². The van der Waals surface area contributed by atoms with Gasteiger partial charge < -0.3 is 11.1 Å². The first kappa shape index (κ1) is 11.3. The molecule has 4 nitrogen and oxygen atoms in total. The van der Waals surface area contributed by atoms with Crippen molar-refractivity contribution in [1.29, 1.82) is 0 Å². The van der Waals surface area contributed by atoms with Crippen LogP contribution in [0.4, 0.5) is 18.9 Å². The smallest absolute Gasteiger partial charge is 0.397 e. The fraction of sp³-hybridized carbons (Fsp3) is 0.250. The van der Waals surface area contributed by atoms with E-state index in [9.17, 15) is 18.0 Å². The summed E-state index contributed by atoms with van der Waals surface area (Å²) in [5, 5.41) is 1.71. The first-order chi connectivity index (χ1) is 6.88. The van der Waals surface area contributed by atoms with E-state index in [1.54, 1.807) is 5.32 Å². The van der Waals surface area contributed by atoms with Crippen LogP contribution in [0.1, 0.15) is 10.4 Å². The molecule has 7 heteroatoms. The fourth-order valence-corrected chi connectivity index (χ4v) is 0.864. The molecule has 0 spiro atoms. The third-order valence-electron chi connectivity index (χ3n) is 1.47. The average Bonchev–Trinajstić information content (AvgIpc) is 2.13. The largest absolute Gasteiger partial charge is 0.405 e. The second kappa shape index (κ2) is 4.16. The monoisotopic (exact) mass is 219 g/mol. The molecule has 0 radical (unpaired) electrons. The summed E-state index contributed by atoms with van der Waals surface area (Å²) < 4.78 is 35.3. The highest BCUT2D eigenvalue weighted by molar-refractivity contribution is 5.94. The number of rotatable bonds is 2. The number of nitrogen functional groups attached to an aromatic ring is 1. The van der Waals surface area contributed by atoms with Gasteiger partial charge in [0.25, 0.3) is 5.91 Å². The van der Waals surface area contributed by atoms with Gasteiger partial charge >= 0.3 is 6.18 Å². The van der Waals surface area contributed by atoms with Crippen LogP contribution in [0.3, 0.4) is 0 Å². The highest BCUT2D eigenvalue weighted by Gasteiger charge is 2.27. The van der Waals surface area contributed by atoms with E-state index in [4.69, 9.17) is 5.73 Å². The van der Waals surface area contributed by atoms with E-state index < -0.39 is 18.6 Å². The minimum Gasteiger partial charge on any atom is -0.397 e. The number of nitrogens with two attached hydrogens (primary N) is 1. The molecule has 0 fully saturated rings. The van der Waals surface area contributed by atoms with Gasteiger partial charge in [-0.15, -0.1) is 0 Å². The topological polar surface area (TPSA) is 68.0 Å². The van der Waals surface area contributed by atoms with Gasteiger partial charge in [-0.1, -0.05) is 0 Å². The molecule has 1 aromatic heterocycles. The molecule has 0 unspecified atom stereocenters. The number of amides is 1. The van der Waals surface area contributed by atoms with Crippen LogP contribution >= 0.6 is 0 Å². The molecule has 1 rings (SSSR count). The van der Waals surface area contributed by atoms with Crippen molar-refractivity contribution in [3.05, 3.63) is 24.0 Å². The number of carbonyl (C=O) groups is 1. The maximum atomic E-state index is 11.8. The van der Waals surface area contributed by atoms with E-state index in [0.717, 1.165) is 6.20 Å². The number of carbonyl (C=O) groups excluding carboxylic acids is 1. The molecule has 0 aromatic carbocycles. The minimum absolute atomic E-state index is 0.000694. The van der Waals surface area contributed by atoms with E-state index in [1.165, 1.54) is 12.3 Å². The standard InChI is InChI=1S/C8H8F3N3O/c9-8(10,11)4-14-7(15)5-1-6(12)3-13-2-5/h1-3H,4,12H2,(H,14,15). The second-order valence-corrected chi connectivity index (χ2v) is 2.80. The van der Waals surface area contributed by atoms with Crippen molar-refractivity contribution in [3.8, 4) is 0 Å². The number of pyridine rings is 1. The SMILES string of the molecule is Nc1cncc(C(=O)NCC(F)(F)F)c1. The number of nitrogens with one attached hydrogen (secondary N) is 1. The Morgan fingerprint density at radius 2 is 2.13 bits per heavy atom. The Kier molecular flexibility index (Phi) is 3.13. The zero-order chi connectivity index (χ0) is 11.5. The van der Waals surface area contributed by atoms with Gasteiger partial charge in [0.1, 0.15) is 6.54 Å². The van der Waals surface area contributed by atoms with Crippen LogP contribution in [0.15, 0.2) is 18.5 Å². The summed E-state index contributed by atoms with van der Waals surface area (Å²) in [6.45, 7) is -1.37. The first-order valence-corrected chi connectivity index (χ1v) is 3.94. The van der Waals surface area contributed by atoms with Crippen molar-refractivity contribution in [2.75, 3.05) is 12.3 Å². The average molecular weight is 219 g/mol. The van der Waals surface area contributed by atoms with E-state index in [-0.39, 0.29) is 11.3 Å². The highest BCUT2D eigenvalue weighted by Crippen LogP contribution is 2.12. The minimum atomic E-state index is -4.43. The molecule has 0 bridgehead atoms. The molecule has 0 aliphatic heterocycles. The number of anilines is 1. The lowest BCUT2D eigenvalue weighted by molar-refractivity contribution is -0.123. The van der Waals surface area contributed by atoms with E-state index in [0.29, 0.717) is 0 Å². The number of aromatic nitrogens is 1. The molecule has 0 atom stereocenters. The van der Waals surface area contributed by atoms with E-state index in [2.05, 4.69) is 4.98 Å². The normalized spacial score (nSPS) is 11.1. The van der Waals surface area contributed by atoms with Crippen molar-refractivity contribution < 1.29 is 18.0 Å². The zero-order valence-electron chi connectivity index (χ0n) is 7.51. The molecule has 15 heavy (non-hydrogen) atoms. The predicted molar refractivity (Wildman–Crippen MR) is 47.0 cm³/mol. The van der Waals surface area contributed by atoms with Gasteiger partial charge in [-0.2, -0.15) is 13.2 Å². The Morgan fingerprint density at radius 3 is 2.67 bits per heavy atom. The van der Waals surface area contributed by atoms with Crippen LogP contribution in [-0.2, 0) is 0 Å². The number of nitrogens with zero attached hydrogens (tertiary/aromatic N) is 1. The number of hydrogen-bond acceptors (Lipinski definition) is 3. The number of halogens is 3. The third-order valence-corrected chi connectivity index (χ3v) is 1.47. The van der Waals surface area contributed by atoms with Crippen LogP contribution in [0.25, 0.3) is 0 Å². The highest BCUT2D eigenvalue weighted by atomic mass is 19.4. The van der Waals surface area contributed by atoms with Gasteiger partial charge in [-0.25, -0.2) is 0 Å². The summed E-state index contributed by atoms with van der Waals surface area (Å²) in [6, 6.07) is 1.25. The maximum absolute atomic E-state index is 11.8. The molecule has 3 N–H and O–H groups in total. The van der Waals surface area contributed by atoms with Gasteiger partial charge in [-0.3, -0.25) is 9.78 Å². The Morgan fingerprint density at radius 1 is 1.47 bits per heavy atom. The van der Waals surface area contributed by atoms with Crippen molar-refractivity contribution in [1.82, 2.24) is 10.3 Å². The Balaban J connectivity index is 2.62. The molecule has 1 aromatic rings. The molecular weight excluding hydrogens is 211 g/mol. The number of alkyl halides is 3. The van der Waals surface area contributed by atoms with Crippen LogP contribution in [0.2, 0.25) is 0 Å². The van der Waals surface area contributed by atoms with E-state index >= 15 is 0 Å². The third kappa shape index (κ3) is 3.84. The van der Waals surface area contributed by atoms with Crippen LogP contribution in [0.5, 0.6) is 0 Å². The molecule has 0 aliphatic carbocycles. The van der Waals surface area contributed by atoms with Gasteiger partial charge in [-0.05, 0) is 6.07 Å². The lowest BCUT2D eigenvalue weighted by Crippen LogP contribution is -2.33. The lowest BCUT2D eigenvalue weighted by atomic mass is 10.2. The Hall–Kier alpha value is -1.79. The zero-order valence-corrected chi connectivity index (χ0v) is 7.51. The fourth-order valence-electron chi connectivity index (χ4n) is 0.864. The van der Waals surface area contributed by atoms with Crippen molar-refractivity contribution in [2.45, 2.75) is 6.18 Å². The molecule has 1 amide bonds. The van der Waals surface area contributed by atoms with Crippen molar-refractivity contribution in [2.24, 2.45) is 0 Å². The second-order valence-electron chi connectivity index (χ2n) is 2.80. The quantitative estimate of drug-likeness (QED) is 0.778. The molecule has 82 valence electrons. The molecule has 0 aliphatic rings. The first-order valence-electron chi connectivity index (χ1n) is 3.94. The number of hydrogen-bond donors (Lipinski definition) is 2. The Labute approximate surface area is 83.3 Å². The van der Waals surface area contributed by atoms with E-state index in [1.807, 2.05) is 0 Å². The van der Waals surface area contributed by atoms with Crippen LogP contribution < -0.4 is 11.1 Å². The lowest BCUT2D eigenvalue weighted by Gasteiger charge is -2.08. The van der Waals surface area contributed by atoms with Gasteiger partial charge in [0.05, 0.1) is 11.3 Å². The summed E-state index contributed by atoms with van der Waals surface area (Å²) >= 11 is 0. The summed E-state index contributed by atoms with van der Waals surface area (Å²) in [5.74, 6) is -0.855. The molecular formula is C8H8F3N3O. The molecule has 0 saturated carbocycles. The maximum Gasteiger partial charge on any atom is 0.405 e. The Bertz CT molecular complexity index is 364. The van der Waals surface area contributed by atoms with Crippen molar-refractivity contribution in [3.63, 3.8) is 0 Å². The molecule has 0 saturated heterocycles. The van der Waals surface area contributed by atoms with Crippen molar-refractivity contribution >= 4 is 11.6 Å². The summed E-state index contributed by atoms with van der Waals surface area (Å²) in [5.41, 5.74) is 5.53. The van der Waals surface area contributed by atoms with Crippen LogP contribution in [-0.4, -0.2) is 23.6 Å². The van der Waals surface area contributed by atoms with Gasteiger partial charge in [0.2, 0.25) is 0 Å². The summed E-state index contributed by atoms with van der Waals surface area (Å²) in [4.78, 5) is 14.7. The van der Waals surface area contributed by atoms with Gasteiger partial charge in [0, 0.05) is 12.4 Å². The predicted octanol–water partition coefficient (Wildman–Crippen LogP) is 0.956. The molecule has 1 heterocycles.